The first-order chi connectivity index (χ1) is 10.1. The fourth-order valence-electron chi connectivity index (χ4n) is 3.80. The van der Waals surface area contributed by atoms with Crippen LogP contribution in [-0.4, -0.2) is 12.4 Å². The lowest BCUT2D eigenvalue weighted by Crippen LogP contribution is -2.26. The van der Waals surface area contributed by atoms with Gasteiger partial charge in [0.05, 0.1) is 6.10 Å². The molecule has 0 amide bonds. The molecular weight excluding hydrogens is 260 g/mol. The molecule has 2 aliphatic rings. The molecule has 3 rings (SSSR count). The number of benzene rings is 1. The molecular formula is C19H28O2. The normalized spacial score (nSPS) is 27.4. The molecule has 21 heavy (non-hydrogen) atoms. The number of rotatable bonds is 4. The van der Waals surface area contributed by atoms with E-state index in [0.717, 1.165) is 11.7 Å². The van der Waals surface area contributed by atoms with Crippen molar-refractivity contribution in [3.05, 3.63) is 29.3 Å². The fraction of sp³-hybridized carbons (Fsp3) is 0.684. The van der Waals surface area contributed by atoms with Gasteiger partial charge in [-0.1, -0.05) is 39.2 Å². The summed E-state index contributed by atoms with van der Waals surface area (Å²) in [5.74, 6) is 2.37. The third kappa shape index (κ3) is 3.42. The van der Waals surface area contributed by atoms with Crippen LogP contribution in [0, 0.1) is 5.92 Å². The molecule has 0 aliphatic heterocycles. The lowest BCUT2D eigenvalue weighted by Gasteiger charge is -2.26. The Balaban J connectivity index is 1.59. The van der Waals surface area contributed by atoms with Crippen molar-refractivity contribution in [2.75, 3.05) is 0 Å². The van der Waals surface area contributed by atoms with E-state index in [0.29, 0.717) is 12.0 Å². The van der Waals surface area contributed by atoms with Crippen LogP contribution in [0.25, 0.3) is 0 Å². The van der Waals surface area contributed by atoms with Crippen LogP contribution in [-0.2, 0) is 11.2 Å². The van der Waals surface area contributed by atoms with Gasteiger partial charge in [0, 0.05) is 0 Å². The second kappa shape index (κ2) is 6.39. The van der Waals surface area contributed by atoms with E-state index in [9.17, 15) is 0 Å². The predicted octanol–water partition coefficient (Wildman–Crippen LogP) is 5.06. The van der Waals surface area contributed by atoms with E-state index < -0.39 is 0 Å². The zero-order valence-electron chi connectivity index (χ0n) is 13.6. The van der Waals surface area contributed by atoms with Gasteiger partial charge >= 0.3 is 0 Å². The highest BCUT2D eigenvalue weighted by Crippen LogP contribution is 2.39. The predicted molar refractivity (Wildman–Crippen MR) is 85.8 cm³/mol. The lowest BCUT2D eigenvalue weighted by molar-refractivity contribution is -0.116. The molecule has 2 nitrogen and oxygen atoms in total. The van der Waals surface area contributed by atoms with Crippen molar-refractivity contribution in [2.24, 2.45) is 5.92 Å². The Labute approximate surface area is 128 Å². The highest BCUT2D eigenvalue weighted by atomic mass is 16.7. The Bertz CT molecular complexity index is 476. The van der Waals surface area contributed by atoms with Crippen molar-refractivity contribution in [3.8, 4) is 5.75 Å². The summed E-state index contributed by atoms with van der Waals surface area (Å²) >= 11 is 0. The van der Waals surface area contributed by atoms with Gasteiger partial charge in [0.1, 0.15) is 5.75 Å². The maximum absolute atomic E-state index is 6.03. The van der Waals surface area contributed by atoms with Gasteiger partial charge in [-0.3, -0.25) is 0 Å². The van der Waals surface area contributed by atoms with E-state index in [2.05, 4.69) is 32.0 Å². The second-order valence-electron chi connectivity index (χ2n) is 6.91. The minimum atomic E-state index is -0.151. The largest absolute Gasteiger partial charge is 0.465 e. The third-order valence-electron chi connectivity index (χ3n) is 5.24. The van der Waals surface area contributed by atoms with Gasteiger partial charge in [0.25, 0.3) is 0 Å². The van der Waals surface area contributed by atoms with Crippen LogP contribution in [0.4, 0.5) is 0 Å². The molecule has 0 heterocycles. The van der Waals surface area contributed by atoms with Crippen LogP contribution in [0.5, 0.6) is 5.75 Å². The summed E-state index contributed by atoms with van der Waals surface area (Å²) in [5.41, 5.74) is 2.95. The number of hydrogen-bond acceptors (Lipinski definition) is 2. The summed E-state index contributed by atoms with van der Waals surface area (Å²) < 4.78 is 12.0. The minimum absolute atomic E-state index is 0.151. The van der Waals surface area contributed by atoms with E-state index in [1.54, 1.807) is 0 Å². The molecule has 1 fully saturated rings. The van der Waals surface area contributed by atoms with E-state index in [4.69, 9.17) is 9.47 Å². The average Bonchev–Trinajstić information content (AvgIpc) is 2.74. The number of fused-ring (bicyclic) bond motifs is 1. The quantitative estimate of drug-likeness (QED) is 0.721. The number of ether oxygens (including phenoxy) is 2. The van der Waals surface area contributed by atoms with Gasteiger partial charge in [0.2, 0.25) is 0 Å². The van der Waals surface area contributed by atoms with Crippen molar-refractivity contribution in [2.45, 2.75) is 77.6 Å². The summed E-state index contributed by atoms with van der Waals surface area (Å²) in [7, 11) is 0. The van der Waals surface area contributed by atoms with Crippen LogP contribution < -0.4 is 4.74 Å². The van der Waals surface area contributed by atoms with Gasteiger partial charge in [-0.05, 0) is 61.3 Å². The topological polar surface area (TPSA) is 18.5 Å². The zero-order valence-corrected chi connectivity index (χ0v) is 13.6. The minimum Gasteiger partial charge on any atom is -0.465 e. The van der Waals surface area contributed by atoms with Gasteiger partial charge in [-0.15, -0.1) is 0 Å². The van der Waals surface area contributed by atoms with Crippen LogP contribution in [0.15, 0.2) is 18.2 Å². The molecule has 3 atom stereocenters. The standard InChI is InChI=1S/C19H28O2/c1-13-11-16-12-18(9-10-19(16)14(13)2)21-15(3)20-17-7-5-4-6-8-17/h9-10,12-15,17H,4-8,11H2,1-3H3. The van der Waals surface area contributed by atoms with E-state index in [1.165, 1.54) is 49.7 Å². The van der Waals surface area contributed by atoms with Crippen molar-refractivity contribution >= 4 is 0 Å². The fourth-order valence-corrected chi connectivity index (χ4v) is 3.80. The summed E-state index contributed by atoms with van der Waals surface area (Å²) in [6.45, 7) is 6.68. The van der Waals surface area contributed by atoms with Crippen molar-refractivity contribution in [1.29, 1.82) is 0 Å². The average molecular weight is 288 g/mol. The maximum atomic E-state index is 6.03. The van der Waals surface area contributed by atoms with Crippen LogP contribution in [0.3, 0.4) is 0 Å². The van der Waals surface area contributed by atoms with Gasteiger partial charge in [0.15, 0.2) is 6.29 Å². The summed E-state index contributed by atoms with van der Waals surface area (Å²) in [5, 5.41) is 0. The van der Waals surface area contributed by atoms with Gasteiger partial charge in [-0.2, -0.15) is 0 Å². The summed E-state index contributed by atoms with van der Waals surface area (Å²) in [6.07, 6.45) is 7.74. The molecule has 2 heteroatoms. The molecule has 1 aromatic carbocycles. The monoisotopic (exact) mass is 288 g/mol. The highest BCUT2D eigenvalue weighted by molar-refractivity contribution is 5.41. The molecule has 0 aromatic heterocycles. The molecule has 0 bridgehead atoms. The van der Waals surface area contributed by atoms with Gasteiger partial charge in [-0.25, -0.2) is 0 Å². The first-order valence-electron chi connectivity index (χ1n) is 8.58. The van der Waals surface area contributed by atoms with Crippen molar-refractivity contribution in [1.82, 2.24) is 0 Å². The Morgan fingerprint density at radius 1 is 1.10 bits per heavy atom. The third-order valence-corrected chi connectivity index (χ3v) is 5.24. The highest BCUT2D eigenvalue weighted by Gasteiger charge is 2.26. The summed E-state index contributed by atoms with van der Waals surface area (Å²) in [4.78, 5) is 0. The lowest BCUT2D eigenvalue weighted by atomic mass is 9.97. The van der Waals surface area contributed by atoms with E-state index in [1.807, 2.05) is 6.92 Å². The molecule has 3 unspecified atom stereocenters. The van der Waals surface area contributed by atoms with Crippen molar-refractivity contribution in [3.63, 3.8) is 0 Å². The smallest absolute Gasteiger partial charge is 0.197 e. The molecule has 0 radical (unpaired) electrons. The molecule has 116 valence electrons. The van der Waals surface area contributed by atoms with Crippen LogP contribution in [0.2, 0.25) is 0 Å². The maximum Gasteiger partial charge on any atom is 0.197 e. The SMILES string of the molecule is CC(Oc1ccc2c(c1)CC(C)C2C)OC1CCCCC1. The Morgan fingerprint density at radius 2 is 1.86 bits per heavy atom. The molecule has 0 spiro atoms. The molecule has 0 saturated heterocycles. The Hall–Kier alpha value is -1.02. The Kier molecular flexibility index (Phi) is 4.54. The molecule has 2 aliphatic carbocycles. The van der Waals surface area contributed by atoms with Gasteiger partial charge < -0.3 is 9.47 Å². The second-order valence-corrected chi connectivity index (χ2v) is 6.91. The number of hydrogen-bond donors (Lipinski definition) is 0. The zero-order chi connectivity index (χ0) is 14.8. The first-order valence-corrected chi connectivity index (χ1v) is 8.58. The summed E-state index contributed by atoms with van der Waals surface area (Å²) in [6, 6.07) is 6.57. The molecule has 1 aromatic rings. The van der Waals surface area contributed by atoms with Crippen molar-refractivity contribution < 1.29 is 9.47 Å². The molecule has 0 N–H and O–H groups in total. The van der Waals surface area contributed by atoms with E-state index in [-0.39, 0.29) is 6.29 Å². The van der Waals surface area contributed by atoms with Crippen LogP contribution >= 0.6 is 0 Å². The Morgan fingerprint density at radius 3 is 2.62 bits per heavy atom. The first kappa shape index (κ1) is 14.9. The molecule has 1 saturated carbocycles. The van der Waals surface area contributed by atoms with E-state index >= 15 is 0 Å². The van der Waals surface area contributed by atoms with Crippen LogP contribution in [0.1, 0.15) is 69.9 Å².